The second-order valence-corrected chi connectivity index (χ2v) is 2.52. The Balaban J connectivity index is 0. The molecule has 3 nitrogen and oxygen atoms in total. The van der Waals surface area contributed by atoms with Crippen LogP contribution in [-0.2, 0) is 12.6 Å². The first kappa shape index (κ1) is 18.2. The van der Waals surface area contributed by atoms with E-state index in [-0.39, 0.29) is 108 Å². The summed E-state index contributed by atoms with van der Waals surface area (Å²) < 4.78 is 0. The van der Waals surface area contributed by atoms with Gasteiger partial charge < -0.3 is 27.3 Å². The Morgan fingerprint density at radius 1 is 1.00 bits per heavy atom. The molecule has 0 amide bonds. The number of carbonyl (C=O) groups is 2. The number of rotatable bonds is 2. The van der Waals surface area contributed by atoms with Crippen molar-refractivity contribution in [3.63, 3.8) is 0 Å². The summed E-state index contributed by atoms with van der Waals surface area (Å²) in [7, 11) is 0. The Bertz CT molecular complexity index is 291. The Morgan fingerprint density at radius 3 is 1.64 bits per heavy atom. The van der Waals surface area contributed by atoms with Gasteiger partial charge in [-0.25, -0.2) is 0 Å². The normalized spacial score (nSPS) is 8.00. The smallest absolute Gasteiger partial charge is 0.737 e. The van der Waals surface area contributed by atoms with E-state index in [4.69, 9.17) is 0 Å². The Labute approximate surface area is 172 Å². The van der Waals surface area contributed by atoms with Crippen LogP contribution in [0.5, 0.6) is 0 Å². The summed E-state index contributed by atoms with van der Waals surface area (Å²) in [5.74, 6) is -1.27. The third kappa shape index (κ3) is 5.81. The molecule has 0 spiro atoms. The molecule has 0 radical (unpaired) electrons. The van der Waals surface area contributed by atoms with E-state index in [1.807, 2.05) is 0 Å². The van der Waals surface area contributed by atoms with Crippen molar-refractivity contribution in [2.75, 3.05) is 0 Å². The zero-order valence-corrected chi connectivity index (χ0v) is 15.0. The molecule has 0 saturated carbocycles. The number of carbonyl (C=O) groups excluding carboxylic acids is 2. The van der Waals surface area contributed by atoms with Gasteiger partial charge >= 0.3 is 103 Å². The fourth-order valence-electron chi connectivity index (χ4n) is 0.742. The van der Waals surface area contributed by atoms with Gasteiger partial charge in [0.25, 0.3) is 0 Å². The van der Waals surface area contributed by atoms with Crippen molar-refractivity contribution in [2.45, 2.75) is 0 Å². The van der Waals surface area contributed by atoms with Crippen molar-refractivity contribution in [2.24, 2.45) is 0 Å². The molecular formula is C8H4K2O3S. The number of carboxylic acids is 1. The predicted octanol–water partition coefficient (Wildman–Crippen LogP) is -6.25. The van der Waals surface area contributed by atoms with Crippen LogP contribution in [0, 0.1) is 0 Å². The van der Waals surface area contributed by atoms with Gasteiger partial charge in [-0.3, -0.25) is 0 Å². The molecule has 62 valence electrons. The maximum absolute atomic E-state index is 10.6. The maximum atomic E-state index is 10.6. The van der Waals surface area contributed by atoms with Crippen LogP contribution >= 0.6 is 0 Å². The quantitative estimate of drug-likeness (QED) is 0.391. The minimum absolute atomic E-state index is 0. The molecular weight excluding hydrogens is 254 g/mol. The second kappa shape index (κ2) is 8.94. The van der Waals surface area contributed by atoms with Crippen LogP contribution in [0.3, 0.4) is 0 Å². The number of hydrogen-bond donors (Lipinski definition) is 0. The van der Waals surface area contributed by atoms with Crippen LogP contribution in [-0.4, -0.2) is 11.1 Å². The monoisotopic (exact) mass is 258 g/mol. The summed E-state index contributed by atoms with van der Waals surface area (Å²) >= 11 is 4.35. The average Bonchev–Trinajstić information content (AvgIpc) is 2.04. The maximum Gasteiger partial charge on any atom is 1.00 e. The number of carboxylic acid groups (broad SMARTS) is 1. The van der Waals surface area contributed by atoms with E-state index in [9.17, 15) is 14.7 Å². The predicted molar refractivity (Wildman–Crippen MR) is 42.5 cm³/mol. The number of aromatic carboxylic acids is 1. The van der Waals surface area contributed by atoms with Crippen molar-refractivity contribution >= 4 is 23.7 Å². The molecule has 0 saturated heterocycles. The number of hydrogen-bond acceptors (Lipinski definition) is 4. The first-order chi connectivity index (χ1) is 5.61. The number of benzene rings is 1. The molecule has 0 aromatic heterocycles. The van der Waals surface area contributed by atoms with Crippen LogP contribution in [0.4, 0.5) is 0 Å². The molecule has 14 heavy (non-hydrogen) atoms. The van der Waals surface area contributed by atoms with Gasteiger partial charge in [0, 0.05) is 5.12 Å². The van der Waals surface area contributed by atoms with Crippen molar-refractivity contribution in [1.29, 1.82) is 0 Å². The minimum Gasteiger partial charge on any atom is -0.737 e. The van der Waals surface area contributed by atoms with Crippen molar-refractivity contribution in [1.82, 2.24) is 0 Å². The van der Waals surface area contributed by atoms with Crippen LogP contribution in [0.25, 0.3) is 0 Å². The van der Waals surface area contributed by atoms with Gasteiger partial charge in [-0.05, 0) is 11.1 Å². The van der Waals surface area contributed by atoms with Crippen molar-refractivity contribution in [3.8, 4) is 0 Å². The molecule has 1 aromatic carbocycles. The Hall–Kier alpha value is 1.85. The van der Waals surface area contributed by atoms with Gasteiger partial charge in [0.1, 0.15) is 0 Å². The molecule has 0 unspecified atom stereocenters. The van der Waals surface area contributed by atoms with Crippen LogP contribution in [0.1, 0.15) is 20.7 Å². The van der Waals surface area contributed by atoms with E-state index in [0.717, 1.165) is 0 Å². The molecule has 1 aromatic rings. The zero-order valence-electron chi connectivity index (χ0n) is 7.94. The van der Waals surface area contributed by atoms with E-state index >= 15 is 0 Å². The molecule has 0 aliphatic carbocycles. The molecule has 0 aliphatic heterocycles. The van der Waals surface area contributed by atoms with Crippen LogP contribution < -0.4 is 108 Å². The second-order valence-electron chi connectivity index (χ2n) is 2.15. The van der Waals surface area contributed by atoms with E-state index in [1.54, 1.807) is 0 Å². The summed E-state index contributed by atoms with van der Waals surface area (Å²) in [5.41, 5.74) is 0.352. The van der Waals surface area contributed by atoms with E-state index in [0.29, 0.717) is 5.56 Å². The summed E-state index contributed by atoms with van der Waals surface area (Å²) in [6.45, 7) is 0. The first-order valence-corrected chi connectivity index (χ1v) is 3.55. The standard InChI is InChI=1S/C8H6O3S.2K/c9-7(10)5-1-3-6(4-2-5)8(11)12;;/h1-4H,(H,9,10)(H,11,12);;/q;2*+1/p-2. The third-order valence-corrected chi connectivity index (χ3v) is 1.59. The fraction of sp³-hybridized carbons (Fsp3) is 0. The average molecular weight is 258 g/mol. The molecule has 0 heterocycles. The van der Waals surface area contributed by atoms with Crippen LogP contribution in [0.2, 0.25) is 0 Å². The van der Waals surface area contributed by atoms with Gasteiger partial charge in [0.05, 0.1) is 5.97 Å². The van der Waals surface area contributed by atoms with Crippen molar-refractivity contribution in [3.05, 3.63) is 35.4 Å². The van der Waals surface area contributed by atoms with Crippen LogP contribution in [0.15, 0.2) is 24.3 Å². The van der Waals surface area contributed by atoms with E-state index in [2.05, 4.69) is 12.6 Å². The minimum atomic E-state index is -1.27. The summed E-state index contributed by atoms with van der Waals surface area (Å²) in [6.07, 6.45) is 0. The molecule has 6 heteroatoms. The molecule has 0 bridgehead atoms. The van der Waals surface area contributed by atoms with Gasteiger partial charge in [0.2, 0.25) is 0 Å². The Morgan fingerprint density at radius 2 is 1.36 bits per heavy atom. The Kier molecular flexibility index (Phi) is 11.6. The van der Waals surface area contributed by atoms with E-state index in [1.165, 1.54) is 24.3 Å². The summed E-state index contributed by atoms with van der Waals surface area (Å²) in [6, 6.07) is 5.30. The summed E-state index contributed by atoms with van der Waals surface area (Å²) in [5, 5.41) is 9.76. The SMILES string of the molecule is O=C([O-])c1ccc(C(=O)[S-])cc1.[K+].[K+]. The topological polar surface area (TPSA) is 57.2 Å². The molecule has 0 N–H and O–H groups in total. The molecule has 0 atom stereocenters. The largest absolute Gasteiger partial charge is 1.00 e. The van der Waals surface area contributed by atoms with E-state index < -0.39 is 11.1 Å². The summed E-state index contributed by atoms with van der Waals surface area (Å²) in [4.78, 5) is 20.8. The molecule has 0 aliphatic rings. The van der Waals surface area contributed by atoms with Crippen molar-refractivity contribution < 1.29 is 117 Å². The zero-order chi connectivity index (χ0) is 9.14. The first-order valence-electron chi connectivity index (χ1n) is 3.14. The van der Waals surface area contributed by atoms with Gasteiger partial charge in [0.15, 0.2) is 0 Å². The molecule has 1 rings (SSSR count). The third-order valence-electron chi connectivity index (χ3n) is 1.36. The molecule has 0 fully saturated rings. The van der Waals surface area contributed by atoms with Gasteiger partial charge in [-0.1, -0.05) is 24.3 Å². The van der Waals surface area contributed by atoms with Gasteiger partial charge in [-0.15, -0.1) is 0 Å². The van der Waals surface area contributed by atoms with Gasteiger partial charge in [-0.2, -0.15) is 0 Å². The fourth-order valence-corrected chi connectivity index (χ4v) is 0.878.